The van der Waals surface area contributed by atoms with E-state index in [1.165, 1.54) is 0 Å². The zero-order valence-corrected chi connectivity index (χ0v) is 13.0. The number of hydrogen-bond donors (Lipinski definition) is 2. The van der Waals surface area contributed by atoms with E-state index in [0.717, 1.165) is 27.0 Å². The molecule has 0 saturated heterocycles. The van der Waals surface area contributed by atoms with Crippen LogP contribution in [0.3, 0.4) is 0 Å². The van der Waals surface area contributed by atoms with Gasteiger partial charge in [-0.2, -0.15) is 0 Å². The van der Waals surface area contributed by atoms with Crippen LogP contribution in [0.5, 0.6) is 0 Å². The molecule has 20 heavy (non-hydrogen) atoms. The topological polar surface area (TPSA) is 41.1 Å². The molecule has 3 nitrogen and oxygen atoms in total. The number of carbonyl (C=O) groups excluding carboxylic acids is 1. The fraction of sp³-hybridized carbons (Fsp3) is 0.133. The van der Waals surface area contributed by atoms with E-state index in [4.69, 9.17) is 11.6 Å². The second-order valence-electron chi connectivity index (χ2n) is 4.76. The van der Waals surface area contributed by atoms with Crippen LogP contribution < -0.4 is 10.6 Å². The first-order valence-corrected chi connectivity index (χ1v) is 7.35. The lowest BCUT2D eigenvalue weighted by atomic mass is 10.1. The van der Waals surface area contributed by atoms with Crippen LogP contribution in [-0.4, -0.2) is 5.91 Å². The van der Waals surface area contributed by atoms with Crippen LogP contribution >= 0.6 is 27.5 Å². The van der Waals surface area contributed by atoms with E-state index in [9.17, 15) is 4.79 Å². The smallest absolute Gasteiger partial charge is 0.251 e. The highest BCUT2D eigenvalue weighted by molar-refractivity contribution is 9.10. The summed E-state index contributed by atoms with van der Waals surface area (Å²) in [6, 6.07) is 10.9. The highest BCUT2D eigenvalue weighted by atomic mass is 79.9. The van der Waals surface area contributed by atoms with Crippen molar-refractivity contribution in [3.63, 3.8) is 0 Å². The molecule has 0 bridgehead atoms. The van der Waals surface area contributed by atoms with Crippen LogP contribution in [0.4, 0.5) is 11.4 Å². The predicted octanol–water partition coefficient (Wildman–Crippen LogP) is 4.52. The molecule has 0 saturated carbocycles. The van der Waals surface area contributed by atoms with Crippen LogP contribution in [0.15, 0.2) is 40.9 Å². The van der Waals surface area contributed by atoms with Crippen molar-refractivity contribution in [1.29, 1.82) is 0 Å². The van der Waals surface area contributed by atoms with Gasteiger partial charge < -0.3 is 10.6 Å². The summed E-state index contributed by atoms with van der Waals surface area (Å²) in [6.45, 7) is 1.98. The molecule has 2 aromatic carbocycles. The molecule has 3 rings (SSSR count). The van der Waals surface area contributed by atoms with E-state index in [0.29, 0.717) is 5.02 Å². The van der Waals surface area contributed by atoms with Crippen LogP contribution in [0.2, 0.25) is 5.02 Å². The van der Waals surface area contributed by atoms with Gasteiger partial charge in [0.15, 0.2) is 0 Å². The van der Waals surface area contributed by atoms with Gasteiger partial charge in [0.25, 0.3) is 5.91 Å². The van der Waals surface area contributed by atoms with Gasteiger partial charge in [-0.1, -0.05) is 33.6 Å². The molecule has 2 aromatic rings. The van der Waals surface area contributed by atoms with Crippen molar-refractivity contribution < 1.29 is 4.79 Å². The number of rotatable bonds is 2. The van der Waals surface area contributed by atoms with Gasteiger partial charge in [0.1, 0.15) is 6.04 Å². The van der Waals surface area contributed by atoms with Gasteiger partial charge in [0, 0.05) is 26.4 Å². The SMILES string of the molecule is Cc1ccc(Cl)cc1NC1C(=O)Nc2ccc(Br)cc21. The third-order valence-corrected chi connectivity index (χ3v) is 4.07. The van der Waals surface area contributed by atoms with Crippen LogP contribution in [0.1, 0.15) is 17.2 Å². The molecule has 102 valence electrons. The summed E-state index contributed by atoms with van der Waals surface area (Å²) in [4.78, 5) is 12.1. The number of carbonyl (C=O) groups is 1. The molecular weight excluding hydrogens is 340 g/mol. The van der Waals surface area contributed by atoms with E-state index in [1.54, 1.807) is 0 Å². The standard InChI is InChI=1S/C15H12BrClN2O/c1-8-2-4-10(17)7-13(8)18-14-11-6-9(16)3-5-12(11)19-15(14)20/h2-7,14,18H,1H3,(H,19,20). The Kier molecular flexibility index (Phi) is 3.44. The molecule has 0 spiro atoms. The van der Waals surface area contributed by atoms with Crippen molar-refractivity contribution in [2.75, 3.05) is 10.6 Å². The lowest BCUT2D eigenvalue weighted by Crippen LogP contribution is -2.20. The van der Waals surface area contributed by atoms with Gasteiger partial charge in [0.2, 0.25) is 0 Å². The summed E-state index contributed by atoms with van der Waals surface area (Å²) in [7, 11) is 0. The van der Waals surface area contributed by atoms with E-state index < -0.39 is 6.04 Å². The number of hydrogen-bond acceptors (Lipinski definition) is 2. The maximum absolute atomic E-state index is 12.1. The van der Waals surface area contributed by atoms with E-state index in [2.05, 4.69) is 26.6 Å². The highest BCUT2D eigenvalue weighted by Gasteiger charge is 2.30. The minimum Gasteiger partial charge on any atom is -0.370 e. The number of fused-ring (bicyclic) bond motifs is 1. The Hall–Kier alpha value is -1.52. The van der Waals surface area contributed by atoms with Gasteiger partial charge in [-0.05, 0) is 42.8 Å². The summed E-state index contributed by atoms with van der Waals surface area (Å²) in [5.74, 6) is -0.0579. The molecule has 1 unspecified atom stereocenters. The van der Waals surface area contributed by atoms with E-state index >= 15 is 0 Å². The molecule has 0 radical (unpaired) electrons. The highest BCUT2D eigenvalue weighted by Crippen LogP contribution is 2.36. The zero-order valence-electron chi connectivity index (χ0n) is 10.7. The first kappa shape index (κ1) is 13.5. The lowest BCUT2D eigenvalue weighted by molar-refractivity contribution is -0.116. The molecular formula is C15H12BrClN2O. The minimum atomic E-state index is -0.403. The fourth-order valence-electron chi connectivity index (χ4n) is 2.28. The monoisotopic (exact) mass is 350 g/mol. The molecule has 1 aliphatic heterocycles. The maximum Gasteiger partial charge on any atom is 0.251 e. The molecule has 1 heterocycles. The molecule has 5 heteroatoms. The fourth-order valence-corrected chi connectivity index (χ4v) is 2.83. The Morgan fingerprint density at radius 1 is 1.25 bits per heavy atom. The summed E-state index contributed by atoms with van der Waals surface area (Å²) < 4.78 is 0.947. The van der Waals surface area contributed by atoms with Crippen LogP contribution in [-0.2, 0) is 4.79 Å². The number of aryl methyl sites for hydroxylation is 1. The predicted molar refractivity (Wildman–Crippen MR) is 85.3 cm³/mol. The summed E-state index contributed by atoms with van der Waals surface area (Å²) in [5, 5.41) is 6.78. The second kappa shape index (κ2) is 5.11. The lowest BCUT2D eigenvalue weighted by Gasteiger charge is -2.15. The Balaban J connectivity index is 1.97. The average Bonchev–Trinajstić information content (AvgIpc) is 2.70. The van der Waals surface area contributed by atoms with E-state index in [1.807, 2.05) is 43.3 Å². The summed E-state index contributed by atoms with van der Waals surface area (Å²) >= 11 is 9.45. The normalized spacial score (nSPS) is 16.8. The third kappa shape index (κ3) is 2.41. The van der Waals surface area contributed by atoms with Crippen molar-refractivity contribution >= 4 is 44.8 Å². The summed E-state index contributed by atoms with van der Waals surface area (Å²) in [5.41, 5.74) is 3.69. The van der Waals surface area contributed by atoms with Gasteiger partial charge in [-0.3, -0.25) is 4.79 Å². The van der Waals surface area contributed by atoms with Gasteiger partial charge in [-0.15, -0.1) is 0 Å². The molecule has 1 atom stereocenters. The van der Waals surface area contributed by atoms with Gasteiger partial charge in [-0.25, -0.2) is 0 Å². The second-order valence-corrected chi connectivity index (χ2v) is 6.11. The van der Waals surface area contributed by atoms with Crippen molar-refractivity contribution in [1.82, 2.24) is 0 Å². The van der Waals surface area contributed by atoms with Crippen LogP contribution in [0, 0.1) is 6.92 Å². The quantitative estimate of drug-likeness (QED) is 0.835. The van der Waals surface area contributed by atoms with Crippen molar-refractivity contribution in [3.05, 3.63) is 57.0 Å². The molecule has 0 aliphatic carbocycles. The molecule has 1 amide bonds. The number of amides is 1. The number of benzene rings is 2. The first-order chi connectivity index (χ1) is 9.54. The van der Waals surface area contributed by atoms with Crippen LogP contribution in [0.25, 0.3) is 0 Å². The summed E-state index contributed by atoms with van der Waals surface area (Å²) in [6.07, 6.45) is 0. The molecule has 0 aromatic heterocycles. The first-order valence-electron chi connectivity index (χ1n) is 6.17. The molecule has 2 N–H and O–H groups in total. The zero-order chi connectivity index (χ0) is 14.3. The van der Waals surface area contributed by atoms with Crippen molar-refractivity contribution in [2.24, 2.45) is 0 Å². The number of halogens is 2. The average molecular weight is 352 g/mol. The van der Waals surface area contributed by atoms with Gasteiger partial charge in [0.05, 0.1) is 0 Å². The maximum atomic E-state index is 12.1. The molecule has 1 aliphatic rings. The Morgan fingerprint density at radius 3 is 2.85 bits per heavy atom. The van der Waals surface area contributed by atoms with Crippen molar-refractivity contribution in [2.45, 2.75) is 13.0 Å². The van der Waals surface area contributed by atoms with E-state index in [-0.39, 0.29) is 5.91 Å². The Bertz CT molecular complexity index is 702. The largest absolute Gasteiger partial charge is 0.370 e. The minimum absolute atomic E-state index is 0.0579. The van der Waals surface area contributed by atoms with Gasteiger partial charge >= 0.3 is 0 Å². The molecule has 0 fully saturated rings. The Morgan fingerprint density at radius 2 is 2.05 bits per heavy atom. The number of nitrogens with one attached hydrogen (secondary N) is 2. The Labute approximate surface area is 130 Å². The number of anilines is 2. The third-order valence-electron chi connectivity index (χ3n) is 3.34. The van der Waals surface area contributed by atoms with Crippen molar-refractivity contribution in [3.8, 4) is 0 Å².